The summed E-state index contributed by atoms with van der Waals surface area (Å²) >= 11 is 0. The molecule has 0 spiro atoms. The molecule has 24 heavy (non-hydrogen) atoms. The molecule has 3 heteroatoms. The van der Waals surface area contributed by atoms with Crippen LogP contribution in [0.4, 0.5) is 0 Å². The van der Waals surface area contributed by atoms with Crippen molar-refractivity contribution >= 4 is 5.91 Å². The van der Waals surface area contributed by atoms with Gasteiger partial charge in [0.25, 0.3) is 0 Å². The molecule has 0 saturated heterocycles. The fourth-order valence-corrected chi connectivity index (χ4v) is 3.31. The van der Waals surface area contributed by atoms with Crippen molar-refractivity contribution in [1.82, 2.24) is 5.32 Å². The lowest BCUT2D eigenvalue weighted by molar-refractivity contribution is -0.121. The van der Waals surface area contributed by atoms with Gasteiger partial charge in [0.05, 0.1) is 13.2 Å². The topological polar surface area (TPSA) is 38.3 Å². The van der Waals surface area contributed by atoms with Gasteiger partial charge in [-0.2, -0.15) is 0 Å². The van der Waals surface area contributed by atoms with E-state index >= 15 is 0 Å². The highest BCUT2D eigenvalue weighted by atomic mass is 16.5. The van der Waals surface area contributed by atoms with Crippen LogP contribution in [0.25, 0.3) is 0 Å². The first-order chi connectivity index (χ1) is 11.7. The number of amides is 1. The number of carbonyl (C=O) groups is 1. The predicted molar refractivity (Wildman–Crippen MR) is 96.3 cm³/mol. The monoisotopic (exact) mass is 323 g/mol. The normalized spacial score (nSPS) is 14.1. The Morgan fingerprint density at radius 3 is 2.62 bits per heavy atom. The van der Waals surface area contributed by atoms with Gasteiger partial charge in [0, 0.05) is 6.42 Å². The zero-order valence-corrected chi connectivity index (χ0v) is 14.5. The number of hydrogen-bond donors (Lipinski definition) is 1. The van der Waals surface area contributed by atoms with Crippen LogP contribution in [-0.2, 0) is 24.1 Å². The van der Waals surface area contributed by atoms with E-state index in [1.54, 1.807) is 7.11 Å². The molecule has 2 aromatic rings. The van der Waals surface area contributed by atoms with Crippen molar-refractivity contribution < 1.29 is 9.53 Å². The van der Waals surface area contributed by atoms with E-state index in [-0.39, 0.29) is 11.9 Å². The van der Waals surface area contributed by atoms with Gasteiger partial charge in [-0.1, -0.05) is 30.3 Å². The van der Waals surface area contributed by atoms with Gasteiger partial charge >= 0.3 is 0 Å². The number of carbonyl (C=O) groups excluding carboxylic acids is 1. The molecule has 1 aliphatic carbocycles. The van der Waals surface area contributed by atoms with Crippen LogP contribution in [-0.4, -0.2) is 13.0 Å². The quantitative estimate of drug-likeness (QED) is 0.873. The van der Waals surface area contributed by atoms with Crippen LogP contribution < -0.4 is 10.1 Å². The van der Waals surface area contributed by atoms with E-state index in [4.69, 9.17) is 4.74 Å². The summed E-state index contributed by atoms with van der Waals surface area (Å²) in [5.41, 5.74) is 5.27. The number of hydrogen-bond acceptors (Lipinski definition) is 2. The molecule has 0 fully saturated rings. The smallest absolute Gasteiger partial charge is 0.220 e. The highest BCUT2D eigenvalue weighted by Crippen LogP contribution is 2.25. The summed E-state index contributed by atoms with van der Waals surface area (Å²) in [5, 5.41) is 3.12. The van der Waals surface area contributed by atoms with Gasteiger partial charge in [-0.05, 0) is 67.0 Å². The molecule has 0 aromatic heterocycles. The zero-order chi connectivity index (χ0) is 16.9. The lowest BCUT2D eigenvalue weighted by Gasteiger charge is -2.16. The fourth-order valence-electron chi connectivity index (χ4n) is 3.31. The fraction of sp³-hybridized carbons (Fsp3) is 0.381. The van der Waals surface area contributed by atoms with Crippen LogP contribution in [0.1, 0.15) is 48.1 Å². The highest BCUT2D eigenvalue weighted by Gasteiger charge is 2.14. The molecule has 0 radical (unpaired) electrons. The predicted octanol–water partition coefficient (Wildman–Crippen LogP) is 3.99. The number of ether oxygens (including phenoxy) is 1. The Bertz CT molecular complexity index is 706. The number of fused-ring (bicyclic) bond motifs is 1. The minimum atomic E-state index is 0.0549. The summed E-state index contributed by atoms with van der Waals surface area (Å²) in [7, 11) is 1.66. The summed E-state index contributed by atoms with van der Waals surface area (Å²) in [5.74, 6) is 0.937. The van der Waals surface area contributed by atoms with E-state index in [9.17, 15) is 4.79 Å². The summed E-state index contributed by atoms with van der Waals surface area (Å²) in [6.07, 6.45) is 4.86. The number of nitrogens with one attached hydrogen (secondary N) is 1. The van der Waals surface area contributed by atoms with Crippen molar-refractivity contribution in [3.63, 3.8) is 0 Å². The second-order valence-corrected chi connectivity index (χ2v) is 6.52. The minimum absolute atomic E-state index is 0.0549. The van der Waals surface area contributed by atoms with Gasteiger partial charge in [0.1, 0.15) is 5.75 Å². The van der Waals surface area contributed by atoms with Crippen LogP contribution in [0, 0.1) is 0 Å². The summed E-state index contributed by atoms with van der Waals surface area (Å²) in [6.45, 7) is 2.06. The van der Waals surface area contributed by atoms with Crippen molar-refractivity contribution in [3.8, 4) is 5.75 Å². The molecule has 0 aliphatic heterocycles. The maximum absolute atomic E-state index is 12.2. The van der Waals surface area contributed by atoms with Crippen molar-refractivity contribution in [2.24, 2.45) is 0 Å². The molecule has 1 N–H and O–H groups in total. The van der Waals surface area contributed by atoms with E-state index in [0.29, 0.717) is 6.42 Å². The van der Waals surface area contributed by atoms with E-state index in [0.717, 1.165) is 17.7 Å². The first-order valence-electron chi connectivity index (χ1n) is 8.69. The molecule has 126 valence electrons. The van der Waals surface area contributed by atoms with E-state index in [1.807, 2.05) is 24.3 Å². The number of methoxy groups -OCH3 is 1. The first-order valence-corrected chi connectivity index (χ1v) is 8.69. The largest absolute Gasteiger partial charge is 0.497 e. The van der Waals surface area contributed by atoms with Crippen molar-refractivity contribution in [2.75, 3.05) is 7.11 Å². The van der Waals surface area contributed by atoms with Crippen LogP contribution >= 0.6 is 0 Å². The maximum atomic E-state index is 12.2. The van der Waals surface area contributed by atoms with E-state index < -0.39 is 0 Å². The Hall–Kier alpha value is -2.29. The molecule has 1 amide bonds. The second-order valence-electron chi connectivity index (χ2n) is 6.52. The molecule has 3 rings (SSSR count). The molecule has 1 atom stereocenters. The van der Waals surface area contributed by atoms with Gasteiger partial charge in [0.15, 0.2) is 0 Å². The van der Waals surface area contributed by atoms with Crippen molar-refractivity contribution in [1.29, 1.82) is 0 Å². The lowest BCUT2D eigenvalue weighted by atomic mass is 10.0. The Balaban J connectivity index is 1.52. The van der Waals surface area contributed by atoms with E-state index in [2.05, 4.69) is 30.4 Å². The van der Waals surface area contributed by atoms with Crippen molar-refractivity contribution in [2.45, 2.75) is 45.1 Å². The molecule has 1 unspecified atom stereocenters. The van der Waals surface area contributed by atoms with Gasteiger partial charge in [-0.15, -0.1) is 0 Å². The molecule has 1 aliphatic rings. The highest BCUT2D eigenvalue weighted by molar-refractivity contribution is 5.76. The van der Waals surface area contributed by atoms with Gasteiger partial charge < -0.3 is 10.1 Å². The van der Waals surface area contributed by atoms with Crippen LogP contribution in [0.15, 0.2) is 42.5 Å². The van der Waals surface area contributed by atoms with Crippen LogP contribution in [0.3, 0.4) is 0 Å². The summed E-state index contributed by atoms with van der Waals surface area (Å²) in [4.78, 5) is 12.2. The van der Waals surface area contributed by atoms with Crippen LogP contribution in [0.2, 0.25) is 0 Å². The van der Waals surface area contributed by atoms with Gasteiger partial charge in [-0.25, -0.2) is 0 Å². The average Bonchev–Trinajstić information content (AvgIpc) is 3.08. The standard InChI is InChI=1S/C21H25NO2/c1-15(18-10-9-17-4-3-5-19(17)14-18)22-21(23)13-8-16-6-11-20(24-2)12-7-16/h6-7,9-12,14-15H,3-5,8,13H2,1-2H3,(H,22,23). The average molecular weight is 323 g/mol. The molecule has 0 bridgehead atoms. The van der Waals surface area contributed by atoms with Gasteiger partial charge in [0.2, 0.25) is 5.91 Å². The Labute approximate surface area is 144 Å². The molecule has 0 saturated carbocycles. The van der Waals surface area contributed by atoms with Gasteiger partial charge in [-0.3, -0.25) is 4.79 Å². The van der Waals surface area contributed by atoms with Crippen LogP contribution in [0.5, 0.6) is 5.75 Å². The first kappa shape index (κ1) is 16.6. The Morgan fingerprint density at radius 2 is 1.88 bits per heavy atom. The molecular formula is C21H25NO2. The number of rotatable bonds is 6. The molecule has 2 aromatic carbocycles. The minimum Gasteiger partial charge on any atom is -0.497 e. The molecule has 0 heterocycles. The number of benzene rings is 2. The molecular weight excluding hydrogens is 298 g/mol. The summed E-state index contributed by atoms with van der Waals surface area (Å²) < 4.78 is 5.15. The zero-order valence-electron chi connectivity index (χ0n) is 14.5. The third kappa shape index (κ3) is 3.97. The SMILES string of the molecule is COc1ccc(CCC(=O)NC(C)c2ccc3c(c2)CCC3)cc1. The number of aryl methyl sites for hydroxylation is 3. The van der Waals surface area contributed by atoms with E-state index in [1.165, 1.54) is 36.0 Å². The second kappa shape index (κ2) is 7.52. The van der Waals surface area contributed by atoms with Crippen molar-refractivity contribution in [3.05, 3.63) is 64.7 Å². The summed E-state index contributed by atoms with van der Waals surface area (Å²) in [6, 6.07) is 14.6. The Kier molecular flexibility index (Phi) is 5.19. The third-order valence-electron chi connectivity index (χ3n) is 4.80. The Morgan fingerprint density at radius 1 is 1.12 bits per heavy atom. The maximum Gasteiger partial charge on any atom is 0.220 e. The lowest BCUT2D eigenvalue weighted by Crippen LogP contribution is -2.26. The third-order valence-corrected chi connectivity index (χ3v) is 4.80. The molecule has 3 nitrogen and oxygen atoms in total.